The van der Waals surface area contributed by atoms with Crippen LogP contribution in [0.15, 0.2) is 24.3 Å². The normalized spacial score (nSPS) is 28.3. The number of halogens is 1. The summed E-state index contributed by atoms with van der Waals surface area (Å²) in [6.45, 7) is 8.47. The Labute approximate surface area is 114 Å². The first-order valence-corrected chi connectivity index (χ1v) is 6.64. The van der Waals surface area contributed by atoms with E-state index in [2.05, 4.69) is 5.32 Å². The van der Waals surface area contributed by atoms with Gasteiger partial charge in [0.25, 0.3) is 0 Å². The maximum atomic E-state index is 13.8. The van der Waals surface area contributed by atoms with E-state index in [1.54, 1.807) is 12.1 Å². The van der Waals surface area contributed by atoms with E-state index in [-0.39, 0.29) is 11.4 Å². The zero-order valence-electron chi connectivity index (χ0n) is 12.1. The highest BCUT2D eigenvalue weighted by atomic mass is 19.1. The Morgan fingerprint density at radius 2 is 1.89 bits per heavy atom. The minimum absolute atomic E-state index is 0.268. The molecule has 3 nitrogen and oxygen atoms in total. The number of anilines is 1. The van der Waals surface area contributed by atoms with Gasteiger partial charge in [0.15, 0.2) is 0 Å². The van der Waals surface area contributed by atoms with Crippen molar-refractivity contribution in [1.82, 2.24) is 0 Å². The first-order valence-electron chi connectivity index (χ1n) is 6.64. The van der Waals surface area contributed by atoms with Gasteiger partial charge in [-0.2, -0.15) is 0 Å². The van der Waals surface area contributed by atoms with Gasteiger partial charge in [0.1, 0.15) is 5.82 Å². The SMILES string of the molecule is CC1(C)CC(CN)(Nc2ccccc2F)C(C)(C)O1. The Bertz CT molecular complexity index is 473. The van der Waals surface area contributed by atoms with Crippen LogP contribution in [0.3, 0.4) is 0 Å². The van der Waals surface area contributed by atoms with E-state index in [4.69, 9.17) is 10.5 Å². The predicted molar refractivity (Wildman–Crippen MR) is 75.7 cm³/mol. The molecule has 106 valence electrons. The second-order valence-electron chi connectivity index (χ2n) is 6.44. The molecule has 19 heavy (non-hydrogen) atoms. The van der Waals surface area contributed by atoms with Gasteiger partial charge in [-0.1, -0.05) is 12.1 Å². The third kappa shape index (κ3) is 2.47. The van der Waals surface area contributed by atoms with Crippen molar-refractivity contribution in [2.24, 2.45) is 5.73 Å². The molecule has 0 aromatic heterocycles. The molecule has 0 amide bonds. The Morgan fingerprint density at radius 1 is 1.26 bits per heavy atom. The highest BCUT2D eigenvalue weighted by molar-refractivity contribution is 5.48. The maximum Gasteiger partial charge on any atom is 0.146 e. The van der Waals surface area contributed by atoms with Gasteiger partial charge in [-0.15, -0.1) is 0 Å². The second kappa shape index (κ2) is 4.46. The number of para-hydroxylation sites is 1. The number of nitrogens with two attached hydrogens (primary N) is 1. The van der Waals surface area contributed by atoms with Crippen molar-refractivity contribution in [3.8, 4) is 0 Å². The van der Waals surface area contributed by atoms with Crippen LogP contribution in [-0.4, -0.2) is 23.3 Å². The van der Waals surface area contributed by atoms with Crippen molar-refractivity contribution in [3.63, 3.8) is 0 Å². The Morgan fingerprint density at radius 3 is 2.37 bits per heavy atom. The van der Waals surface area contributed by atoms with Crippen molar-refractivity contribution in [3.05, 3.63) is 30.1 Å². The summed E-state index contributed by atoms with van der Waals surface area (Å²) in [5, 5.41) is 3.29. The molecule has 4 heteroatoms. The van der Waals surface area contributed by atoms with Crippen LogP contribution in [0.5, 0.6) is 0 Å². The molecule has 0 saturated carbocycles. The van der Waals surface area contributed by atoms with Crippen molar-refractivity contribution in [1.29, 1.82) is 0 Å². The molecule has 1 saturated heterocycles. The lowest BCUT2D eigenvalue weighted by Gasteiger charge is -2.40. The van der Waals surface area contributed by atoms with E-state index < -0.39 is 11.1 Å². The topological polar surface area (TPSA) is 47.3 Å². The summed E-state index contributed by atoms with van der Waals surface area (Å²) in [6, 6.07) is 6.66. The van der Waals surface area contributed by atoms with Gasteiger partial charge in [0.05, 0.1) is 22.4 Å². The average Bonchev–Trinajstić information content (AvgIpc) is 2.47. The molecule has 0 aliphatic carbocycles. The molecule has 2 rings (SSSR count). The van der Waals surface area contributed by atoms with E-state index >= 15 is 0 Å². The average molecular weight is 266 g/mol. The van der Waals surface area contributed by atoms with Gasteiger partial charge in [-0.25, -0.2) is 4.39 Å². The summed E-state index contributed by atoms with van der Waals surface area (Å²) in [5.74, 6) is -0.268. The fourth-order valence-electron chi connectivity index (χ4n) is 3.15. The van der Waals surface area contributed by atoms with E-state index in [1.807, 2.05) is 33.8 Å². The molecule has 3 N–H and O–H groups in total. The number of hydrogen-bond donors (Lipinski definition) is 2. The van der Waals surface area contributed by atoms with Crippen LogP contribution in [0.25, 0.3) is 0 Å². The molecule has 1 aromatic rings. The first-order chi connectivity index (χ1) is 8.71. The number of nitrogens with one attached hydrogen (secondary N) is 1. The fraction of sp³-hybridized carbons (Fsp3) is 0.600. The zero-order valence-corrected chi connectivity index (χ0v) is 12.1. The number of benzene rings is 1. The molecular formula is C15H23FN2O. The first kappa shape index (κ1) is 14.3. The molecule has 1 heterocycles. The number of ether oxygens (including phenoxy) is 1. The monoisotopic (exact) mass is 266 g/mol. The van der Waals surface area contributed by atoms with E-state index in [0.29, 0.717) is 12.2 Å². The van der Waals surface area contributed by atoms with Crippen molar-refractivity contribution < 1.29 is 9.13 Å². The summed E-state index contributed by atoms with van der Waals surface area (Å²) >= 11 is 0. The highest BCUT2D eigenvalue weighted by Crippen LogP contribution is 2.46. The molecular weight excluding hydrogens is 243 g/mol. The van der Waals surface area contributed by atoms with Gasteiger partial charge in [-0.3, -0.25) is 0 Å². The molecule has 1 aliphatic heterocycles. The third-order valence-electron chi connectivity index (χ3n) is 4.01. The van der Waals surface area contributed by atoms with Crippen LogP contribution in [0, 0.1) is 5.82 Å². The summed E-state index contributed by atoms with van der Waals surface area (Å²) < 4.78 is 19.9. The second-order valence-corrected chi connectivity index (χ2v) is 6.44. The van der Waals surface area contributed by atoms with E-state index in [0.717, 1.165) is 6.42 Å². The van der Waals surface area contributed by atoms with Crippen LogP contribution < -0.4 is 11.1 Å². The lowest BCUT2D eigenvalue weighted by Crippen LogP contribution is -2.57. The van der Waals surface area contributed by atoms with Gasteiger partial charge in [0, 0.05) is 13.0 Å². The maximum absolute atomic E-state index is 13.8. The summed E-state index contributed by atoms with van der Waals surface area (Å²) in [6.07, 6.45) is 0.734. The van der Waals surface area contributed by atoms with E-state index in [1.165, 1.54) is 6.07 Å². The standard InChI is InChI=1S/C15H23FN2O/c1-13(2)9-15(10-17,14(3,4)19-13)18-12-8-6-5-7-11(12)16/h5-8,18H,9-10,17H2,1-4H3. The van der Waals surface area contributed by atoms with Crippen LogP contribution in [0.4, 0.5) is 10.1 Å². The Balaban J connectivity index is 2.37. The molecule has 1 aliphatic rings. The molecule has 0 bridgehead atoms. The van der Waals surface area contributed by atoms with Gasteiger partial charge >= 0.3 is 0 Å². The van der Waals surface area contributed by atoms with Gasteiger partial charge in [0.2, 0.25) is 0 Å². The van der Waals surface area contributed by atoms with Crippen molar-refractivity contribution in [2.75, 3.05) is 11.9 Å². The Hall–Kier alpha value is -1.13. The van der Waals surface area contributed by atoms with Crippen LogP contribution >= 0.6 is 0 Å². The molecule has 1 aromatic carbocycles. The zero-order chi connectivity index (χ0) is 14.3. The molecule has 0 radical (unpaired) electrons. The van der Waals surface area contributed by atoms with Crippen molar-refractivity contribution >= 4 is 5.69 Å². The van der Waals surface area contributed by atoms with Crippen LogP contribution in [0.1, 0.15) is 34.1 Å². The molecule has 1 fully saturated rings. The molecule has 1 atom stereocenters. The minimum Gasteiger partial charge on any atom is -0.373 e. The van der Waals surface area contributed by atoms with Crippen molar-refractivity contribution in [2.45, 2.75) is 50.9 Å². The molecule has 1 unspecified atom stereocenters. The third-order valence-corrected chi connectivity index (χ3v) is 4.01. The quantitative estimate of drug-likeness (QED) is 0.884. The lowest BCUT2D eigenvalue weighted by atomic mass is 9.78. The van der Waals surface area contributed by atoms with Gasteiger partial charge in [-0.05, 0) is 39.8 Å². The van der Waals surface area contributed by atoms with Crippen LogP contribution in [-0.2, 0) is 4.74 Å². The largest absolute Gasteiger partial charge is 0.373 e. The summed E-state index contributed by atoms with van der Waals surface area (Å²) in [7, 11) is 0. The summed E-state index contributed by atoms with van der Waals surface area (Å²) in [5.41, 5.74) is 5.26. The van der Waals surface area contributed by atoms with E-state index in [9.17, 15) is 4.39 Å². The highest BCUT2D eigenvalue weighted by Gasteiger charge is 2.56. The van der Waals surface area contributed by atoms with Crippen LogP contribution in [0.2, 0.25) is 0 Å². The lowest BCUT2D eigenvalue weighted by molar-refractivity contribution is -0.0753. The fourth-order valence-corrected chi connectivity index (χ4v) is 3.15. The van der Waals surface area contributed by atoms with Gasteiger partial charge < -0.3 is 15.8 Å². The Kier molecular flexibility index (Phi) is 3.35. The minimum atomic E-state index is -0.474. The smallest absolute Gasteiger partial charge is 0.146 e. The number of rotatable bonds is 3. The molecule has 0 spiro atoms. The summed E-state index contributed by atoms with van der Waals surface area (Å²) in [4.78, 5) is 0. The predicted octanol–water partition coefficient (Wildman–Crippen LogP) is 2.91. The number of hydrogen-bond acceptors (Lipinski definition) is 3.